The molecule has 0 spiro atoms. The van der Waals surface area contributed by atoms with Crippen LogP contribution in [0.4, 0.5) is 4.39 Å². The molecule has 1 unspecified atom stereocenters. The molecule has 5 heteroatoms. The molecule has 104 valence electrons. The highest BCUT2D eigenvalue weighted by atomic mass is 35.5. The van der Waals surface area contributed by atoms with Crippen LogP contribution >= 0.6 is 11.6 Å². The zero-order chi connectivity index (χ0) is 14.5. The minimum atomic E-state index is -0.588. The molecule has 0 aliphatic carbocycles. The highest BCUT2D eigenvalue weighted by Gasteiger charge is 2.17. The molecule has 1 atom stereocenters. The number of carbonyl (C=O) groups excluding carboxylic acids is 1. The third-order valence-electron chi connectivity index (χ3n) is 2.86. The van der Waals surface area contributed by atoms with Gasteiger partial charge in [0.05, 0.1) is 11.6 Å². The largest absolute Gasteiger partial charge is 0.507 e. The van der Waals surface area contributed by atoms with Gasteiger partial charge in [0.15, 0.2) is 0 Å². The first-order chi connectivity index (χ1) is 9.61. The van der Waals surface area contributed by atoms with Gasteiger partial charge in [-0.15, -0.1) is 11.6 Å². The van der Waals surface area contributed by atoms with Crippen LogP contribution < -0.4 is 5.32 Å². The third kappa shape index (κ3) is 3.27. The number of aromatic hydroxyl groups is 1. The summed E-state index contributed by atoms with van der Waals surface area (Å²) < 4.78 is 13.1. The number of benzene rings is 2. The number of nitrogens with one attached hydrogen (secondary N) is 1. The Morgan fingerprint density at radius 1 is 1.25 bits per heavy atom. The molecule has 0 aromatic heterocycles. The molecule has 0 fully saturated rings. The van der Waals surface area contributed by atoms with Crippen molar-refractivity contribution < 1.29 is 14.3 Å². The van der Waals surface area contributed by atoms with Crippen molar-refractivity contribution in [3.63, 3.8) is 0 Å². The lowest BCUT2D eigenvalue weighted by Gasteiger charge is -2.17. The first-order valence-corrected chi connectivity index (χ1v) is 6.55. The number of phenols is 1. The highest BCUT2D eigenvalue weighted by molar-refractivity contribution is 6.18. The van der Waals surface area contributed by atoms with Gasteiger partial charge in [0.1, 0.15) is 11.6 Å². The Balaban J connectivity index is 2.20. The van der Waals surface area contributed by atoms with Crippen LogP contribution in [-0.4, -0.2) is 16.9 Å². The van der Waals surface area contributed by atoms with Crippen LogP contribution in [0.2, 0.25) is 0 Å². The number of hydrogen-bond donors (Lipinski definition) is 2. The van der Waals surface area contributed by atoms with E-state index in [0.717, 1.165) is 23.8 Å². The van der Waals surface area contributed by atoms with Gasteiger partial charge in [0.2, 0.25) is 0 Å². The fourth-order valence-electron chi connectivity index (χ4n) is 1.82. The molecule has 0 radical (unpaired) electrons. The van der Waals surface area contributed by atoms with E-state index >= 15 is 0 Å². The van der Waals surface area contributed by atoms with E-state index in [1.54, 1.807) is 0 Å². The van der Waals surface area contributed by atoms with Crippen LogP contribution in [0.5, 0.6) is 5.75 Å². The molecule has 0 saturated carbocycles. The Hall–Kier alpha value is -2.07. The summed E-state index contributed by atoms with van der Waals surface area (Å²) in [6.45, 7) is 0. The topological polar surface area (TPSA) is 49.3 Å². The molecule has 1 amide bonds. The Labute approximate surface area is 121 Å². The molecular formula is C15H13ClFNO2. The summed E-state index contributed by atoms with van der Waals surface area (Å²) in [6, 6.07) is 12.0. The zero-order valence-electron chi connectivity index (χ0n) is 10.5. The summed E-state index contributed by atoms with van der Waals surface area (Å²) >= 11 is 5.85. The number of carbonyl (C=O) groups is 1. The van der Waals surface area contributed by atoms with Gasteiger partial charge in [-0.25, -0.2) is 4.39 Å². The lowest BCUT2D eigenvalue weighted by atomic mass is 10.1. The van der Waals surface area contributed by atoms with Crippen LogP contribution in [0, 0.1) is 5.82 Å². The SMILES string of the molecule is O=C(NC(CCl)c1ccccc1)c1cc(F)ccc1O. The van der Waals surface area contributed by atoms with E-state index in [0.29, 0.717) is 0 Å². The maximum absolute atomic E-state index is 13.1. The van der Waals surface area contributed by atoms with Crippen LogP contribution in [0.15, 0.2) is 48.5 Å². The predicted octanol–water partition coefficient (Wildman–Crippen LogP) is 3.24. The van der Waals surface area contributed by atoms with E-state index in [2.05, 4.69) is 5.32 Å². The minimum Gasteiger partial charge on any atom is -0.507 e. The lowest BCUT2D eigenvalue weighted by Crippen LogP contribution is -2.29. The fourth-order valence-corrected chi connectivity index (χ4v) is 2.08. The average molecular weight is 294 g/mol. The third-order valence-corrected chi connectivity index (χ3v) is 3.17. The van der Waals surface area contributed by atoms with Gasteiger partial charge in [-0.05, 0) is 23.8 Å². The molecule has 0 saturated heterocycles. The van der Waals surface area contributed by atoms with E-state index < -0.39 is 17.8 Å². The molecule has 0 bridgehead atoms. The number of halogens is 2. The highest BCUT2D eigenvalue weighted by Crippen LogP contribution is 2.20. The Kier molecular flexibility index (Phi) is 4.58. The molecule has 2 aromatic rings. The van der Waals surface area contributed by atoms with E-state index in [1.807, 2.05) is 30.3 Å². The smallest absolute Gasteiger partial charge is 0.255 e. The zero-order valence-corrected chi connectivity index (χ0v) is 11.3. The molecular weight excluding hydrogens is 281 g/mol. The Bertz CT molecular complexity index is 604. The van der Waals surface area contributed by atoms with Crippen molar-refractivity contribution in [3.8, 4) is 5.75 Å². The van der Waals surface area contributed by atoms with Crippen molar-refractivity contribution in [3.05, 3.63) is 65.5 Å². The molecule has 0 aliphatic rings. The van der Waals surface area contributed by atoms with E-state index in [9.17, 15) is 14.3 Å². The minimum absolute atomic E-state index is 0.115. The number of hydrogen-bond acceptors (Lipinski definition) is 2. The Morgan fingerprint density at radius 3 is 2.60 bits per heavy atom. The predicted molar refractivity (Wildman–Crippen MR) is 75.4 cm³/mol. The maximum Gasteiger partial charge on any atom is 0.255 e. The normalized spacial score (nSPS) is 11.9. The summed E-state index contributed by atoms with van der Waals surface area (Å²) in [5.74, 6) is -1.26. The van der Waals surface area contributed by atoms with Crippen LogP contribution in [-0.2, 0) is 0 Å². The second-order valence-corrected chi connectivity index (χ2v) is 4.56. The van der Waals surface area contributed by atoms with Gasteiger partial charge < -0.3 is 10.4 Å². The summed E-state index contributed by atoms with van der Waals surface area (Å²) in [7, 11) is 0. The molecule has 2 rings (SSSR count). The standard InChI is InChI=1S/C15H13ClFNO2/c16-9-13(10-4-2-1-3-5-10)18-15(20)12-8-11(17)6-7-14(12)19/h1-8,13,19H,9H2,(H,18,20). The summed E-state index contributed by atoms with van der Waals surface area (Å²) in [5.41, 5.74) is 0.725. The van der Waals surface area contributed by atoms with Crippen molar-refractivity contribution in [1.82, 2.24) is 5.32 Å². The van der Waals surface area contributed by atoms with Crippen molar-refractivity contribution in [2.75, 3.05) is 5.88 Å². The van der Waals surface area contributed by atoms with E-state index in [1.165, 1.54) is 0 Å². The van der Waals surface area contributed by atoms with Gasteiger partial charge in [0, 0.05) is 5.88 Å². The number of alkyl halides is 1. The fraction of sp³-hybridized carbons (Fsp3) is 0.133. The van der Waals surface area contributed by atoms with Gasteiger partial charge in [-0.2, -0.15) is 0 Å². The van der Waals surface area contributed by atoms with Gasteiger partial charge in [0.25, 0.3) is 5.91 Å². The van der Waals surface area contributed by atoms with Crippen LogP contribution in [0.3, 0.4) is 0 Å². The molecule has 0 aliphatic heterocycles. The number of rotatable bonds is 4. The van der Waals surface area contributed by atoms with Gasteiger partial charge >= 0.3 is 0 Å². The lowest BCUT2D eigenvalue weighted by molar-refractivity contribution is 0.0937. The van der Waals surface area contributed by atoms with Crippen molar-refractivity contribution in [1.29, 1.82) is 0 Å². The van der Waals surface area contributed by atoms with E-state index in [-0.39, 0.29) is 17.2 Å². The first kappa shape index (κ1) is 14.3. The summed E-state index contributed by atoms with van der Waals surface area (Å²) in [4.78, 5) is 12.1. The molecule has 2 aromatic carbocycles. The second-order valence-electron chi connectivity index (χ2n) is 4.25. The molecule has 0 heterocycles. The molecule has 20 heavy (non-hydrogen) atoms. The average Bonchev–Trinajstić information content (AvgIpc) is 2.48. The van der Waals surface area contributed by atoms with Gasteiger partial charge in [-0.1, -0.05) is 30.3 Å². The summed E-state index contributed by atoms with van der Waals surface area (Å²) in [6.07, 6.45) is 0. The Morgan fingerprint density at radius 2 is 1.95 bits per heavy atom. The first-order valence-electron chi connectivity index (χ1n) is 6.02. The molecule has 2 N–H and O–H groups in total. The van der Waals surface area contributed by atoms with E-state index in [4.69, 9.17) is 11.6 Å². The molecule has 3 nitrogen and oxygen atoms in total. The van der Waals surface area contributed by atoms with Crippen molar-refractivity contribution >= 4 is 17.5 Å². The van der Waals surface area contributed by atoms with Gasteiger partial charge in [-0.3, -0.25) is 4.79 Å². The van der Waals surface area contributed by atoms with Crippen molar-refractivity contribution in [2.45, 2.75) is 6.04 Å². The van der Waals surface area contributed by atoms with Crippen LogP contribution in [0.1, 0.15) is 22.0 Å². The van der Waals surface area contributed by atoms with Crippen molar-refractivity contribution in [2.24, 2.45) is 0 Å². The number of phenolic OH excluding ortho intramolecular Hbond substituents is 1. The number of amides is 1. The van der Waals surface area contributed by atoms with Crippen LogP contribution in [0.25, 0.3) is 0 Å². The second kappa shape index (κ2) is 6.39. The summed E-state index contributed by atoms with van der Waals surface area (Å²) in [5, 5.41) is 12.3. The maximum atomic E-state index is 13.1. The quantitative estimate of drug-likeness (QED) is 0.850. The monoisotopic (exact) mass is 293 g/mol.